The van der Waals surface area contributed by atoms with Crippen LogP contribution in [-0.2, 0) is 23.9 Å². The van der Waals surface area contributed by atoms with Crippen LogP contribution in [0.15, 0.2) is 24.3 Å². The van der Waals surface area contributed by atoms with Gasteiger partial charge < -0.3 is 28.7 Å². The molecule has 3 heterocycles. The van der Waals surface area contributed by atoms with E-state index in [1.165, 1.54) is 6.92 Å². The lowest BCUT2D eigenvalue weighted by molar-refractivity contribution is -0.158. The molecule has 9 heteroatoms. The zero-order valence-corrected chi connectivity index (χ0v) is 17.7. The maximum absolute atomic E-state index is 13.5. The standard InChI is InChI=1S/C22H28N2O7/c1-16(25)30-15-22(13-20(26)23-9-11-28-12-10-23)7-4-8-24(22)21(27)19-14-29-17-5-2-3-6-18(17)31-19/h2-3,5-6,19H,4,7-15H2,1H3. The molecule has 2 amide bonds. The molecule has 0 N–H and O–H groups in total. The summed E-state index contributed by atoms with van der Waals surface area (Å²) in [7, 11) is 0. The number of amides is 2. The maximum Gasteiger partial charge on any atom is 0.302 e. The number of morpholine rings is 1. The van der Waals surface area contributed by atoms with Crippen LogP contribution in [0.1, 0.15) is 26.2 Å². The summed E-state index contributed by atoms with van der Waals surface area (Å²) in [5.41, 5.74) is -0.890. The van der Waals surface area contributed by atoms with Crippen molar-refractivity contribution in [3.63, 3.8) is 0 Å². The maximum atomic E-state index is 13.5. The van der Waals surface area contributed by atoms with E-state index in [-0.39, 0.29) is 31.4 Å². The molecular formula is C22H28N2O7. The van der Waals surface area contributed by atoms with E-state index in [2.05, 4.69) is 0 Å². The Labute approximate surface area is 181 Å². The SMILES string of the molecule is CC(=O)OCC1(CC(=O)N2CCOCC2)CCCN1C(=O)C1COc2ccccc2O1. The van der Waals surface area contributed by atoms with Crippen molar-refractivity contribution in [2.24, 2.45) is 0 Å². The van der Waals surface area contributed by atoms with E-state index >= 15 is 0 Å². The molecule has 0 radical (unpaired) electrons. The number of esters is 1. The van der Waals surface area contributed by atoms with Gasteiger partial charge in [-0.3, -0.25) is 14.4 Å². The Morgan fingerprint density at radius 1 is 1.13 bits per heavy atom. The molecule has 31 heavy (non-hydrogen) atoms. The first-order valence-corrected chi connectivity index (χ1v) is 10.7. The molecule has 4 rings (SSSR count). The lowest BCUT2D eigenvalue weighted by Gasteiger charge is -2.41. The van der Waals surface area contributed by atoms with E-state index < -0.39 is 17.6 Å². The summed E-state index contributed by atoms with van der Waals surface area (Å²) in [4.78, 5) is 41.5. The fourth-order valence-electron chi connectivity index (χ4n) is 4.42. The predicted molar refractivity (Wildman–Crippen MR) is 109 cm³/mol. The molecule has 2 fully saturated rings. The van der Waals surface area contributed by atoms with Crippen molar-refractivity contribution in [1.82, 2.24) is 9.80 Å². The second-order valence-electron chi connectivity index (χ2n) is 8.13. The number of para-hydroxylation sites is 2. The molecule has 0 aliphatic carbocycles. The Balaban J connectivity index is 1.53. The summed E-state index contributed by atoms with van der Waals surface area (Å²) < 4.78 is 22.3. The van der Waals surface area contributed by atoms with Gasteiger partial charge in [0.15, 0.2) is 11.5 Å². The van der Waals surface area contributed by atoms with Gasteiger partial charge in [0, 0.05) is 26.6 Å². The highest BCUT2D eigenvalue weighted by atomic mass is 16.6. The number of ether oxygens (including phenoxy) is 4. The van der Waals surface area contributed by atoms with E-state index in [4.69, 9.17) is 18.9 Å². The van der Waals surface area contributed by atoms with Crippen molar-refractivity contribution in [3.8, 4) is 11.5 Å². The zero-order valence-electron chi connectivity index (χ0n) is 17.7. The van der Waals surface area contributed by atoms with Crippen molar-refractivity contribution in [2.75, 3.05) is 46.1 Å². The number of hydrogen-bond acceptors (Lipinski definition) is 7. The number of carbonyl (C=O) groups excluding carboxylic acids is 3. The van der Waals surface area contributed by atoms with Crippen LogP contribution in [0, 0.1) is 0 Å². The summed E-state index contributed by atoms with van der Waals surface area (Å²) in [6, 6.07) is 7.20. The van der Waals surface area contributed by atoms with Gasteiger partial charge in [0.25, 0.3) is 5.91 Å². The molecule has 168 valence electrons. The molecule has 2 unspecified atom stereocenters. The molecular weight excluding hydrogens is 404 g/mol. The molecule has 0 aromatic heterocycles. The third-order valence-corrected chi connectivity index (χ3v) is 6.03. The smallest absolute Gasteiger partial charge is 0.302 e. The zero-order chi connectivity index (χ0) is 21.8. The summed E-state index contributed by atoms with van der Waals surface area (Å²) in [5, 5.41) is 0. The topological polar surface area (TPSA) is 94.6 Å². The lowest BCUT2D eigenvalue weighted by Crippen LogP contribution is -2.58. The van der Waals surface area contributed by atoms with Gasteiger partial charge in [-0.15, -0.1) is 0 Å². The van der Waals surface area contributed by atoms with Gasteiger partial charge in [-0.05, 0) is 25.0 Å². The van der Waals surface area contributed by atoms with Gasteiger partial charge in [0.1, 0.15) is 13.2 Å². The Morgan fingerprint density at radius 3 is 2.61 bits per heavy atom. The highest BCUT2D eigenvalue weighted by Gasteiger charge is 2.49. The number of carbonyl (C=O) groups is 3. The average molecular weight is 432 g/mol. The van der Waals surface area contributed by atoms with E-state index in [1.807, 2.05) is 12.1 Å². The second-order valence-corrected chi connectivity index (χ2v) is 8.13. The lowest BCUT2D eigenvalue weighted by atomic mass is 9.91. The normalized spacial score (nSPS) is 25.3. The van der Waals surface area contributed by atoms with Crippen molar-refractivity contribution < 1.29 is 33.3 Å². The minimum atomic E-state index is -0.890. The Morgan fingerprint density at radius 2 is 1.87 bits per heavy atom. The first kappa shape index (κ1) is 21.4. The van der Waals surface area contributed by atoms with E-state index in [0.717, 1.165) is 0 Å². The molecule has 0 saturated carbocycles. The number of benzene rings is 1. The molecule has 1 aromatic rings. The number of nitrogens with zero attached hydrogens (tertiary/aromatic N) is 2. The Kier molecular flexibility index (Phi) is 6.31. The number of rotatable bonds is 5. The fraction of sp³-hybridized carbons (Fsp3) is 0.591. The minimum absolute atomic E-state index is 0.0195. The molecule has 2 atom stereocenters. The highest BCUT2D eigenvalue weighted by Crippen LogP contribution is 2.37. The summed E-state index contributed by atoms with van der Waals surface area (Å²) in [6.07, 6.45) is 0.568. The molecule has 2 saturated heterocycles. The van der Waals surface area contributed by atoms with Gasteiger partial charge in [-0.2, -0.15) is 0 Å². The Hall–Kier alpha value is -2.81. The third-order valence-electron chi connectivity index (χ3n) is 6.03. The van der Waals surface area contributed by atoms with Crippen molar-refractivity contribution in [1.29, 1.82) is 0 Å². The van der Waals surface area contributed by atoms with Crippen LogP contribution in [-0.4, -0.2) is 85.3 Å². The van der Waals surface area contributed by atoms with Gasteiger partial charge >= 0.3 is 5.97 Å². The van der Waals surface area contributed by atoms with Crippen molar-refractivity contribution >= 4 is 17.8 Å². The van der Waals surface area contributed by atoms with E-state index in [9.17, 15) is 14.4 Å². The number of hydrogen-bond donors (Lipinski definition) is 0. The second kappa shape index (κ2) is 9.13. The third kappa shape index (κ3) is 4.61. The summed E-state index contributed by atoms with van der Waals surface area (Å²) >= 11 is 0. The van der Waals surface area contributed by atoms with Gasteiger partial charge in [-0.1, -0.05) is 12.1 Å². The van der Waals surface area contributed by atoms with Crippen LogP contribution < -0.4 is 9.47 Å². The minimum Gasteiger partial charge on any atom is -0.485 e. The van der Waals surface area contributed by atoms with Gasteiger partial charge in [0.2, 0.25) is 12.0 Å². The number of likely N-dealkylation sites (tertiary alicyclic amines) is 1. The van der Waals surface area contributed by atoms with Gasteiger partial charge in [0.05, 0.1) is 25.2 Å². The molecule has 0 spiro atoms. The van der Waals surface area contributed by atoms with E-state index in [1.54, 1.807) is 21.9 Å². The molecule has 1 aromatic carbocycles. The van der Waals surface area contributed by atoms with E-state index in [0.29, 0.717) is 57.2 Å². The van der Waals surface area contributed by atoms with Crippen molar-refractivity contribution in [3.05, 3.63) is 24.3 Å². The number of fused-ring (bicyclic) bond motifs is 1. The van der Waals surface area contributed by atoms with Gasteiger partial charge in [-0.25, -0.2) is 0 Å². The molecule has 0 bridgehead atoms. The van der Waals surface area contributed by atoms with Crippen LogP contribution in [0.25, 0.3) is 0 Å². The largest absolute Gasteiger partial charge is 0.485 e. The fourth-order valence-corrected chi connectivity index (χ4v) is 4.42. The average Bonchev–Trinajstić information content (AvgIpc) is 3.21. The molecule has 3 aliphatic heterocycles. The monoisotopic (exact) mass is 432 g/mol. The molecule has 3 aliphatic rings. The van der Waals surface area contributed by atoms with Crippen LogP contribution in [0.5, 0.6) is 11.5 Å². The van der Waals surface area contributed by atoms with Crippen LogP contribution in [0.4, 0.5) is 0 Å². The van der Waals surface area contributed by atoms with Crippen LogP contribution in [0.3, 0.4) is 0 Å². The first-order valence-electron chi connectivity index (χ1n) is 10.7. The Bertz CT molecular complexity index is 839. The summed E-state index contributed by atoms with van der Waals surface area (Å²) in [6.45, 7) is 3.91. The van der Waals surface area contributed by atoms with Crippen molar-refractivity contribution in [2.45, 2.75) is 37.8 Å². The van der Waals surface area contributed by atoms with Crippen LogP contribution in [0.2, 0.25) is 0 Å². The quantitative estimate of drug-likeness (QED) is 0.641. The predicted octanol–water partition coefficient (Wildman–Crippen LogP) is 1.000. The highest BCUT2D eigenvalue weighted by molar-refractivity contribution is 5.85. The summed E-state index contributed by atoms with van der Waals surface area (Å²) in [5.74, 6) is 0.349. The molecule has 9 nitrogen and oxygen atoms in total. The first-order chi connectivity index (χ1) is 15.0. The van der Waals surface area contributed by atoms with Crippen LogP contribution >= 0.6 is 0 Å².